The van der Waals surface area contributed by atoms with Crippen LogP contribution >= 0.6 is 11.3 Å². The molecule has 4 rings (SSSR count). The molecular weight excluding hydrogens is 380 g/mol. The molecule has 1 saturated heterocycles. The average molecular weight is 409 g/mol. The number of aryl methyl sites for hydroxylation is 2. The van der Waals surface area contributed by atoms with Gasteiger partial charge in [-0.1, -0.05) is 36.8 Å². The number of benzene rings is 1. The van der Waals surface area contributed by atoms with Gasteiger partial charge in [0.05, 0.1) is 0 Å². The summed E-state index contributed by atoms with van der Waals surface area (Å²) in [5, 5.41) is 0. The molecule has 2 aromatic heterocycles. The van der Waals surface area contributed by atoms with Crippen molar-refractivity contribution in [3.05, 3.63) is 86.5 Å². The summed E-state index contributed by atoms with van der Waals surface area (Å²) >= 11 is 1.88. The van der Waals surface area contributed by atoms with Gasteiger partial charge in [0.2, 0.25) is 0 Å². The Morgan fingerprint density at radius 3 is 2.52 bits per heavy atom. The van der Waals surface area contributed by atoms with Gasteiger partial charge in [-0.15, -0.1) is 11.3 Å². The van der Waals surface area contributed by atoms with E-state index in [9.17, 15) is 4.79 Å². The summed E-state index contributed by atoms with van der Waals surface area (Å²) in [6, 6.07) is 17.9. The summed E-state index contributed by atoms with van der Waals surface area (Å²) in [4.78, 5) is 17.7. The maximum Gasteiger partial charge on any atom is 0.254 e. The second kappa shape index (κ2) is 9.90. The predicted octanol–water partition coefficient (Wildman–Crippen LogP) is 4.72. The number of piperidine rings is 1. The van der Waals surface area contributed by atoms with Crippen molar-refractivity contribution in [2.45, 2.75) is 45.4 Å². The molecule has 3 heterocycles. The lowest BCUT2D eigenvalue weighted by Gasteiger charge is -2.25. The summed E-state index contributed by atoms with van der Waals surface area (Å²) in [5.74, 6) is 0.620. The normalized spacial score (nSPS) is 14.8. The predicted molar refractivity (Wildman–Crippen MR) is 119 cm³/mol. The van der Waals surface area contributed by atoms with Crippen LogP contribution in [-0.2, 0) is 26.1 Å². The number of ether oxygens (including phenoxy) is 1. The molecule has 4 nitrogen and oxygen atoms in total. The zero-order valence-corrected chi connectivity index (χ0v) is 17.6. The standard InChI is InChI=1S/C24H28N2O2S/c27-24-17-21(28-19-20-7-3-1-4-8-20)11-15-26(24)16-12-22-9-10-23(29-22)18-25-13-5-2-6-14-25/h1,3-4,7-11,15,17H,2,5-6,12-14,16,18-19H2. The quantitative estimate of drug-likeness (QED) is 0.541. The number of hydrogen-bond donors (Lipinski definition) is 0. The highest BCUT2D eigenvalue weighted by Gasteiger charge is 2.11. The van der Waals surface area contributed by atoms with E-state index in [1.807, 2.05) is 53.9 Å². The summed E-state index contributed by atoms with van der Waals surface area (Å²) in [5.41, 5.74) is 1.08. The van der Waals surface area contributed by atoms with Crippen LogP contribution in [0.3, 0.4) is 0 Å². The van der Waals surface area contributed by atoms with Gasteiger partial charge in [-0.2, -0.15) is 0 Å². The van der Waals surface area contributed by atoms with Crippen LogP contribution < -0.4 is 10.3 Å². The van der Waals surface area contributed by atoms with E-state index in [0.29, 0.717) is 18.9 Å². The Hall–Kier alpha value is -2.37. The minimum Gasteiger partial charge on any atom is -0.489 e. The maximum absolute atomic E-state index is 12.4. The molecule has 0 amide bonds. The molecule has 3 aromatic rings. The first-order valence-electron chi connectivity index (χ1n) is 10.4. The molecule has 0 atom stereocenters. The Kier molecular flexibility index (Phi) is 6.80. The lowest BCUT2D eigenvalue weighted by Crippen LogP contribution is -2.28. The fraction of sp³-hybridized carbons (Fsp3) is 0.375. The van der Waals surface area contributed by atoms with Crippen LogP contribution in [0.15, 0.2) is 65.6 Å². The molecule has 1 fully saturated rings. The average Bonchev–Trinajstić information content (AvgIpc) is 3.20. The number of likely N-dealkylation sites (tertiary alicyclic amines) is 1. The van der Waals surface area contributed by atoms with Gasteiger partial charge in [-0.3, -0.25) is 9.69 Å². The molecule has 29 heavy (non-hydrogen) atoms. The minimum absolute atomic E-state index is 0.0133. The number of rotatable bonds is 8. The summed E-state index contributed by atoms with van der Waals surface area (Å²) in [6.45, 7) is 4.68. The van der Waals surface area contributed by atoms with E-state index < -0.39 is 0 Å². The Balaban J connectivity index is 1.29. The lowest BCUT2D eigenvalue weighted by atomic mass is 10.1. The minimum atomic E-state index is -0.0133. The highest BCUT2D eigenvalue weighted by Crippen LogP contribution is 2.21. The fourth-order valence-electron chi connectivity index (χ4n) is 3.72. The van der Waals surface area contributed by atoms with Crippen LogP contribution in [0.5, 0.6) is 5.75 Å². The number of aromatic nitrogens is 1. The SMILES string of the molecule is O=c1cc(OCc2ccccc2)ccn1CCc1ccc(CN2CCCCC2)s1. The van der Waals surface area contributed by atoms with E-state index in [4.69, 9.17) is 4.74 Å². The van der Waals surface area contributed by atoms with Crippen LogP contribution in [-0.4, -0.2) is 22.6 Å². The fourth-order valence-corrected chi connectivity index (χ4v) is 4.76. The van der Waals surface area contributed by atoms with Gasteiger partial charge < -0.3 is 9.30 Å². The zero-order chi connectivity index (χ0) is 19.9. The van der Waals surface area contributed by atoms with Crippen molar-refractivity contribution in [1.82, 2.24) is 9.47 Å². The number of pyridine rings is 1. The van der Waals surface area contributed by atoms with Crippen molar-refractivity contribution in [1.29, 1.82) is 0 Å². The molecule has 0 saturated carbocycles. The van der Waals surface area contributed by atoms with E-state index in [1.165, 1.54) is 42.1 Å². The second-order valence-corrected chi connectivity index (χ2v) is 8.88. The zero-order valence-electron chi connectivity index (χ0n) is 16.8. The number of thiophene rings is 1. The first kappa shape index (κ1) is 19.9. The Morgan fingerprint density at radius 2 is 1.72 bits per heavy atom. The van der Waals surface area contributed by atoms with Gasteiger partial charge >= 0.3 is 0 Å². The van der Waals surface area contributed by atoms with Gasteiger partial charge in [-0.05, 0) is 56.1 Å². The van der Waals surface area contributed by atoms with Gasteiger partial charge in [-0.25, -0.2) is 0 Å². The summed E-state index contributed by atoms with van der Waals surface area (Å²) < 4.78 is 7.51. The first-order valence-corrected chi connectivity index (χ1v) is 11.2. The number of nitrogens with zero attached hydrogens (tertiary/aromatic N) is 2. The largest absolute Gasteiger partial charge is 0.489 e. The Labute approximate surface area is 176 Å². The van der Waals surface area contributed by atoms with Crippen LogP contribution in [0.1, 0.15) is 34.6 Å². The molecule has 5 heteroatoms. The van der Waals surface area contributed by atoms with Crippen molar-refractivity contribution in [3.8, 4) is 5.75 Å². The molecule has 0 radical (unpaired) electrons. The molecule has 1 aromatic carbocycles. The van der Waals surface area contributed by atoms with E-state index >= 15 is 0 Å². The third kappa shape index (κ3) is 5.81. The topological polar surface area (TPSA) is 34.5 Å². The van der Waals surface area contributed by atoms with Crippen LogP contribution in [0, 0.1) is 0 Å². The van der Waals surface area contributed by atoms with Crippen molar-refractivity contribution < 1.29 is 4.74 Å². The van der Waals surface area contributed by atoms with Crippen LogP contribution in [0.4, 0.5) is 0 Å². The third-order valence-electron chi connectivity index (χ3n) is 5.36. The molecule has 0 unspecified atom stereocenters. The van der Waals surface area contributed by atoms with Crippen molar-refractivity contribution in [2.24, 2.45) is 0 Å². The molecule has 0 aliphatic carbocycles. The monoisotopic (exact) mass is 408 g/mol. The molecule has 0 N–H and O–H groups in total. The molecule has 1 aliphatic heterocycles. The van der Waals surface area contributed by atoms with E-state index in [1.54, 1.807) is 10.6 Å². The van der Waals surface area contributed by atoms with Crippen LogP contribution in [0.2, 0.25) is 0 Å². The van der Waals surface area contributed by atoms with Crippen LogP contribution in [0.25, 0.3) is 0 Å². The Morgan fingerprint density at radius 1 is 0.931 bits per heavy atom. The molecule has 1 aliphatic rings. The van der Waals surface area contributed by atoms with Gasteiger partial charge in [0.25, 0.3) is 5.56 Å². The van der Waals surface area contributed by atoms with E-state index in [-0.39, 0.29) is 5.56 Å². The molecular formula is C24H28N2O2S. The molecule has 152 valence electrons. The van der Waals surface area contributed by atoms with Gasteiger partial charge in [0.15, 0.2) is 0 Å². The summed E-state index contributed by atoms with van der Waals surface area (Å²) in [7, 11) is 0. The third-order valence-corrected chi connectivity index (χ3v) is 6.49. The lowest BCUT2D eigenvalue weighted by molar-refractivity contribution is 0.222. The maximum atomic E-state index is 12.4. The van der Waals surface area contributed by atoms with Crippen molar-refractivity contribution in [3.63, 3.8) is 0 Å². The summed E-state index contributed by atoms with van der Waals surface area (Å²) in [6.07, 6.45) is 6.75. The second-order valence-electron chi connectivity index (χ2n) is 7.62. The number of hydrogen-bond acceptors (Lipinski definition) is 4. The van der Waals surface area contributed by atoms with E-state index in [0.717, 1.165) is 18.5 Å². The first-order chi connectivity index (χ1) is 14.3. The highest BCUT2D eigenvalue weighted by atomic mass is 32.1. The Bertz CT molecular complexity index is 958. The van der Waals surface area contributed by atoms with Crippen molar-refractivity contribution in [2.75, 3.05) is 13.1 Å². The van der Waals surface area contributed by atoms with Gasteiger partial charge in [0, 0.05) is 35.1 Å². The smallest absolute Gasteiger partial charge is 0.254 e. The molecule has 0 bridgehead atoms. The molecule has 0 spiro atoms. The van der Waals surface area contributed by atoms with E-state index in [2.05, 4.69) is 17.0 Å². The highest BCUT2D eigenvalue weighted by molar-refractivity contribution is 7.11. The van der Waals surface area contributed by atoms with Gasteiger partial charge in [0.1, 0.15) is 12.4 Å². The van der Waals surface area contributed by atoms with Crippen molar-refractivity contribution >= 4 is 11.3 Å².